The molecule has 0 saturated carbocycles. The Morgan fingerprint density at radius 1 is 1.12 bits per heavy atom. The van der Waals surface area contributed by atoms with Crippen molar-refractivity contribution in [2.24, 2.45) is 0 Å². The molecule has 0 radical (unpaired) electrons. The van der Waals surface area contributed by atoms with Gasteiger partial charge in [0.1, 0.15) is 5.75 Å². The monoisotopic (exact) mass is 338 g/mol. The summed E-state index contributed by atoms with van der Waals surface area (Å²) < 4.78 is 5.75. The summed E-state index contributed by atoms with van der Waals surface area (Å²) in [6.45, 7) is 4.30. The van der Waals surface area contributed by atoms with Crippen LogP contribution in [0.4, 0.5) is 0 Å². The lowest BCUT2D eigenvalue weighted by Crippen LogP contribution is -2.13. The van der Waals surface area contributed by atoms with Gasteiger partial charge in [0.15, 0.2) is 0 Å². The highest BCUT2D eigenvalue weighted by atomic mass is 35.5. The number of nitrogens with one attached hydrogen (secondary N) is 1. The number of rotatable bonds is 4. The van der Waals surface area contributed by atoms with E-state index in [2.05, 4.69) is 34.6 Å². The Labute approximate surface area is 146 Å². The van der Waals surface area contributed by atoms with E-state index in [-0.39, 0.29) is 0 Å². The summed E-state index contributed by atoms with van der Waals surface area (Å²) in [4.78, 5) is 4.54. The molecule has 0 amide bonds. The molecule has 1 aromatic heterocycles. The molecule has 0 aliphatic carbocycles. The van der Waals surface area contributed by atoms with E-state index in [9.17, 15) is 0 Å². The van der Waals surface area contributed by atoms with Crippen molar-refractivity contribution in [2.45, 2.75) is 26.4 Å². The number of hydrogen-bond acceptors (Lipinski definition) is 3. The van der Waals surface area contributed by atoms with Crippen molar-refractivity contribution >= 4 is 22.5 Å². The van der Waals surface area contributed by atoms with Crippen LogP contribution in [-0.2, 0) is 19.5 Å². The fourth-order valence-corrected chi connectivity index (χ4v) is 3.47. The van der Waals surface area contributed by atoms with E-state index in [0.29, 0.717) is 0 Å². The Bertz CT molecular complexity index is 908. The molecule has 0 saturated heterocycles. The minimum Gasteiger partial charge on any atom is -0.493 e. The summed E-state index contributed by atoms with van der Waals surface area (Å²) in [6, 6.07) is 14.6. The van der Waals surface area contributed by atoms with Crippen molar-refractivity contribution < 1.29 is 4.74 Å². The molecule has 4 rings (SSSR count). The summed E-state index contributed by atoms with van der Waals surface area (Å²) in [5.41, 5.74) is 5.68. The van der Waals surface area contributed by atoms with Crippen molar-refractivity contribution in [2.75, 3.05) is 6.61 Å². The van der Waals surface area contributed by atoms with Gasteiger partial charge in [-0.2, -0.15) is 0 Å². The van der Waals surface area contributed by atoms with E-state index < -0.39 is 0 Å². The van der Waals surface area contributed by atoms with E-state index in [4.69, 9.17) is 16.3 Å². The number of fused-ring (bicyclic) bond motifs is 2. The number of hydrogen-bond donors (Lipinski definition) is 1. The Morgan fingerprint density at radius 2 is 2.04 bits per heavy atom. The molecule has 0 unspecified atom stereocenters. The predicted octanol–water partition coefficient (Wildman–Crippen LogP) is 4.42. The molecular weight excluding hydrogens is 320 g/mol. The van der Waals surface area contributed by atoms with Gasteiger partial charge in [-0.25, -0.2) is 0 Å². The van der Waals surface area contributed by atoms with Crippen LogP contribution in [0.3, 0.4) is 0 Å². The quantitative estimate of drug-likeness (QED) is 0.764. The fraction of sp³-hybridized carbons (Fsp3) is 0.250. The van der Waals surface area contributed by atoms with Crippen LogP contribution in [0.2, 0.25) is 5.02 Å². The zero-order valence-electron chi connectivity index (χ0n) is 13.6. The van der Waals surface area contributed by atoms with Gasteiger partial charge in [-0.1, -0.05) is 23.7 Å². The zero-order chi connectivity index (χ0) is 16.5. The molecule has 3 aromatic rings. The molecule has 4 heteroatoms. The third kappa shape index (κ3) is 3.10. The molecule has 0 bridgehead atoms. The van der Waals surface area contributed by atoms with Gasteiger partial charge in [-0.05, 0) is 48.4 Å². The lowest BCUT2D eigenvalue weighted by atomic mass is 10.1. The molecule has 0 spiro atoms. The number of aryl methyl sites for hydroxylation is 1. The normalized spacial score (nSPS) is 13.1. The molecule has 3 nitrogen and oxygen atoms in total. The lowest BCUT2D eigenvalue weighted by Gasteiger charge is -2.11. The number of halogens is 1. The van der Waals surface area contributed by atoms with E-state index in [1.807, 2.05) is 25.1 Å². The minimum atomic E-state index is 0.743. The summed E-state index contributed by atoms with van der Waals surface area (Å²) >= 11 is 6.21. The first-order valence-corrected chi connectivity index (χ1v) is 8.58. The molecule has 1 N–H and O–H groups in total. The number of nitrogens with zero attached hydrogens (tertiary/aromatic N) is 1. The molecule has 1 aliphatic rings. The standard InChI is InChI=1S/C20H19ClN2O/c1-13-2-4-15-8-14(3-5-19(15)23-13)11-22-12-17-10-18(21)9-16-6-7-24-20(16)17/h2-5,8-10,22H,6-7,11-12H2,1H3. The van der Waals surface area contributed by atoms with Crippen LogP contribution in [0.1, 0.15) is 22.4 Å². The lowest BCUT2D eigenvalue weighted by molar-refractivity contribution is 0.352. The Balaban J connectivity index is 1.47. The van der Waals surface area contributed by atoms with Crippen LogP contribution in [0.25, 0.3) is 10.9 Å². The van der Waals surface area contributed by atoms with Gasteiger partial charge in [-0.15, -0.1) is 0 Å². The number of aromatic nitrogens is 1. The third-order valence-corrected chi connectivity index (χ3v) is 4.58. The van der Waals surface area contributed by atoms with Crippen molar-refractivity contribution in [3.8, 4) is 5.75 Å². The minimum absolute atomic E-state index is 0.743. The van der Waals surface area contributed by atoms with Crippen molar-refractivity contribution in [3.63, 3.8) is 0 Å². The van der Waals surface area contributed by atoms with Crippen molar-refractivity contribution in [1.29, 1.82) is 0 Å². The maximum Gasteiger partial charge on any atom is 0.127 e. The highest BCUT2D eigenvalue weighted by Crippen LogP contribution is 2.32. The smallest absolute Gasteiger partial charge is 0.127 e. The fourth-order valence-electron chi connectivity index (χ4n) is 3.21. The van der Waals surface area contributed by atoms with Crippen LogP contribution in [0, 0.1) is 6.92 Å². The van der Waals surface area contributed by atoms with Gasteiger partial charge < -0.3 is 10.1 Å². The molecule has 0 atom stereocenters. The molecule has 122 valence electrons. The molecule has 0 fully saturated rings. The van der Waals surface area contributed by atoms with Crippen molar-refractivity contribution in [3.05, 3.63) is 69.9 Å². The third-order valence-electron chi connectivity index (χ3n) is 4.36. The average molecular weight is 339 g/mol. The number of benzene rings is 2. The topological polar surface area (TPSA) is 34.1 Å². The second-order valence-electron chi connectivity index (χ2n) is 6.23. The summed E-state index contributed by atoms with van der Waals surface area (Å²) in [5.74, 6) is 1.00. The van der Waals surface area contributed by atoms with Crippen LogP contribution in [0.15, 0.2) is 42.5 Å². The first-order valence-electron chi connectivity index (χ1n) is 8.20. The summed E-state index contributed by atoms with van der Waals surface area (Å²) in [7, 11) is 0. The van der Waals surface area contributed by atoms with E-state index in [1.165, 1.54) is 16.5 Å². The Hall–Kier alpha value is -2.10. The maximum absolute atomic E-state index is 6.21. The SMILES string of the molecule is Cc1ccc2cc(CNCc3cc(Cl)cc4c3OCC4)ccc2n1. The second-order valence-corrected chi connectivity index (χ2v) is 6.67. The van der Waals surface area contributed by atoms with E-state index in [0.717, 1.165) is 53.7 Å². The molecular formula is C20H19ClN2O. The average Bonchev–Trinajstić information content (AvgIpc) is 3.03. The van der Waals surface area contributed by atoms with Gasteiger partial charge in [0.05, 0.1) is 12.1 Å². The van der Waals surface area contributed by atoms with Gasteiger partial charge in [0.25, 0.3) is 0 Å². The summed E-state index contributed by atoms with van der Waals surface area (Å²) in [5, 5.41) is 5.45. The zero-order valence-corrected chi connectivity index (χ0v) is 14.4. The van der Waals surface area contributed by atoms with Gasteiger partial charge in [0, 0.05) is 41.2 Å². The molecule has 2 heterocycles. The highest BCUT2D eigenvalue weighted by molar-refractivity contribution is 6.30. The Kier molecular flexibility index (Phi) is 4.13. The maximum atomic E-state index is 6.21. The largest absolute Gasteiger partial charge is 0.493 e. The summed E-state index contributed by atoms with van der Waals surface area (Å²) in [6.07, 6.45) is 0.944. The van der Waals surface area contributed by atoms with Crippen molar-refractivity contribution in [1.82, 2.24) is 10.3 Å². The van der Waals surface area contributed by atoms with E-state index in [1.54, 1.807) is 0 Å². The predicted molar refractivity (Wildman–Crippen MR) is 97.7 cm³/mol. The van der Waals surface area contributed by atoms with Crippen LogP contribution in [0.5, 0.6) is 5.75 Å². The van der Waals surface area contributed by atoms with Gasteiger partial charge in [0.2, 0.25) is 0 Å². The van der Waals surface area contributed by atoms with Gasteiger partial charge >= 0.3 is 0 Å². The van der Waals surface area contributed by atoms with Crippen LogP contribution < -0.4 is 10.1 Å². The molecule has 2 aromatic carbocycles. The van der Waals surface area contributed by atoms with Gasteiger partial charge in [-0.3, -0.25) is 4.98 Å². The first-order chi connectivity index (χ1) is 11.7. The highest BCUT2D eigenvalue weighted by Gasteiger charge is 2.17. The molecule has 1 aliphatic heterocycles. The number of ether oxygens (including phenoxy) is 1. The van der Waals surface area contributed by atoms with Crippen LogP contribution in [-0.4, -0.2) is 11.6 Å². The number of pyridine rings is 1. The Morgan fingerprint density at radius 3 is 2.96 bits per heavy atom. The second kappa shape index (κ2) is 6.42. The van der Waals surface area contributed by atoms with E-state index >= 15 is 0 Å². The van der Waals surface area contributed by atoms with Crippen LogP contribution >= 0.6 is 11.6 Å². The molecule has 24 heavy (non-hydrogen) atoms. The first kappa shape index (κ1) is 15.4.